The van der Waals surface area contributed by atoms with E-state index in [4.69, 9.17) is 16.6 Å². The van der Waals surface area contributed by atoms with Gasteiger partial charge in [-0.1, -0.05) is 29.6 Å². The third-order valence-electron chi connectivity index (χ3n) is 7.08. The van der Waals surface area contributed by atoms with Crippen molar-refractivity contribution >= 4 is 56.9 Å². The van der Waals surface area contributed by atoms with Crippen LogP contribution in [-0.4, -0.2) is 36.5 Å². The highest BCUT2D eigenvalue weighted by Gasteiger charge is 2.30. The highest BCUT2D eigenvalue weighted by Crippen LogP contribution is 2.38. The molecule has 0 bridgehead atoms. The number of hydrogen-bond donors (Lipinski definition) is 2. The lowest BCUT2D eigenvalue weighted by Gasteiger charge is -2.21. The zero-order valence-corrected chi connectivity index (χ0v) is 24.1. The number of fused-ring (bicyclic) bond motifs is 2. The summed E-state index contributed by atoms with van der Waals surface area (Å²) >= 11 is 7.30. The Balaban J connectivity index is 1.50. The summed E-state index contributed by atoms with van der Waals surface area (Å²) in [5, 5.41) is 9.69. The second kappa shape index (κ2) is 10.3. The maximum absolute atomic E-state index is 14.0. The molecular weight excluding hydrogens is 546 g/mol. The minimum absolute atomic E-state index is 0.0425. The maximum Gasteiger partial charge on any atom is 0.281 e. The summed E-state index contributed by atoms with van der Waals surface area (Å²) in [5.74, 6) is 0.300. The third-order valence-corrected chi connectivity index (χ3v) is 7.68. The van der Waals surface area contributed by atoms with E-state index < -0.39 is 0 Å². The Kier molecular flexibility index (Phi) is 6.75. The van der Waals surface area contributed by atoms with Crippen molar-refractivity contribution < 1.29 is 4.79 Å². The molecule has 6 rings (SSSR count). The second-order valence-electron chi connectivity index (χ2n) is 10.2. The minimum atomic E-state index is -0.350. The number of hydrogen-bond acceptors (Lipinski definition) is 7. The zero-order valence-electron chi connectivity index (χ0n) is 22.5. The van der Waals surface area contributed by atoms with Crippen molar-refractivity contribution in [3.8, 4) is 11.4 Å². The summed E-state index contributed by atoms with van der Waals surface area (Å²) < 4.78 is 6.34. The Bertz CT molecular complexity index is 1860. The van der Waals surface area contributed by atoms with Crippen LogP contribution in [0, 0.1) is 6.92 Å². The molecule has 2 aromatic carbocycles. The SMILES string of the molecule is CSNC(=O)c1nc(Cl)ccc1NC(C)c1cc(C)cc2c(=O)n(C3CC3)c(-c3ccc4nn(C)cc4c3)nc12. The molecule has 5 aromatic rings. The first-order valence-corrected chi connectivity index (χ1v) is 14.6. The molecule has 40 heavy (non-hydrogen) atoms. The van der Waals surface area contributed by atoms with Gasteiger partial charge >= 0.3 is 0 Å². The van der Waals surface area contributed by atoms with E-state index in [0.29, 0.717) is 22.4 Å². The summed E-state index contributed by atoms with van der Waals surface area (Å²) in [5.41, 5.74) is 4.88. The Morgan fingerprint density at radius 2 is 1.95 bits per heavy atom. The average Bonchev–Trinajstić information content (AvgIpc) is 3.68. The highest BCUT2D eigenvalue weighted by molar-refractivity contribution is 7.97. The van der Waals surface area contributed by atoms with Crippen LogP contribution < -0.4 is 15.6 Å². The molecule has 11 heteroatoms. The number of aryl methyl sites for hydroxylation is 2. The van der Waals surface area contributed by atoms with Crippen LogP contribution in [0.25, 0.3) is 33.2 Å². The molecular formula is C29H28ClN7O2S. The van der Waals surface area contributed by atoms with E-state index in [1.807, 2.05) is 62.0 Å². The molecule has 1 saturated carbocycles. The van der Waals surface area contributed by atoms with Gasteiger partial charge in [-0.2, -0.15) is 5.10 Å². The number of anilines is 1. The molecule has 1 amide bonds. The van der Waals surface area contributed by atoms with Crippen LogP contribution >= 0.6 is 23.5 Å². The number of amides is 1. The molecule has 1 aliphatic carbocycles. The molecule has 0 radical (unpaired) electrons. The number of rotatable bonds is 7. The smallest absolute Gasteiger partial charge is 0.281 e. The third kappa shape index (κ3) is 4.82. The van der Waals surface area contributed by atoms with Gasteiger partial charge in [0.15, 0.2) is 5.69 Å². The van der Waals surface area contributed by atoms with Gasteiger partial charge in [0.25, 0.3) is 11.5 Å². The molecule has 0 aliphatic heterocycles. The first-order chi connectivity index (χ1) is 19.2. The number of halogens is 1. The quantitative estimate of drug-likeness (QED) is 0.186. The lowest BCUT2D eigenvalue weighted by Crippen LogP contribution is -2.24. The van der Waals surface area contributed by atoms with Crippen LogP contribution in [0.1, 0.15) is 53.5 Å². The van der Waals surface area contributed by atoms with Crippen molar-refractivity contribution in [1.82, 2.24) is 29.0 Å². The standard InChI is InChI=1S/C29H28ClN7O2S/c1-15-11-20(16(2)31-23-9-10-24(30)32-26(23)28(38)35-40-4)25-21(12-15)29(39)37(19-6-7-19)27(33-25)17-5-8-22-18(13-17)14-36(3)34-22/h5,8-14,16,19,31H,6-7H2,1-4H3,(H,35,38). The molecule has 0 saturated heterocycles. The average molecular weight is 574 g/mol. The van der Waals surface area contributed by atoms with Gasteiger partial charge < -0.3 is 5.32 Å². The molecule has 3 heterocycles. The van der Waals surface area contributed by atoms with Crippen molar-refractivity contribution in [1.29, 1.82) is 0 Å². The Morgan fingerprint density at radius 3 is 2.70 bits per heavy atom. The number of pyridine rings is 1. The van der Waals surface area contributed by atoms with E-state index in [0.717, 1.165) is 40.4 Å². The fourth-order valence-corrected chi connectivity index (χ4v) is 5.58. The van der Waals surface area contributed by atoms with Gasteiger partial charge in [0, 0.05) is 42.1 Å². The van der Waals surface area contributed by atoms with Crippen LogP contribution in [0.2, 0.25) is 5.15 Å². The summed E-state index contributed by atoms with van der Waals surface area (Å²) in [7, 11) is 1.89. The first-order valence-electron chi connectivity index (χ1n) is 13.0. The number of aromatic nitrogens is 5. The number of carbonyl (C=O) groups is 1. The molecule has 0 spiro atoms. The van der Waals surface area contributed by atoms with Crippen LogP contribution in [0.15, 0.2) is 53.5 Å². The Morgan fingerprint density at radius 1 is 1.15 bits per heavy atom. The Labute approximate surface area is 240 Å². The van der Waals surface area contributed by atoms with Crippen molar-refractivity contribution in [3.63, 3.8) is 0 Å². The van der Waals surface area contributed by atoms with Gasteiger partial charge in [-0.05, 0) is 68.7 Å². The minimum Gasteiger partial charge on any atom is -0.377 e. The Hall–Kier alpha value is -3.89. The first kappa shape index (κ1) is 26.3. The van der Waals surface area contributed by atoms with Crippen LogP contribution in [0.3, 0.4) is 0 Å². The fourth-order valence-electron chi connectivity index (χ4n) is 5.15. The lowest BCUT2D eigenvalue weighted by molar-refractivity contribution is 0.0980. The van der Waals surface area contributed by atoms with Crippen LogP contribution in [0.4, 0.5) is 5.69 Å². The molecule has 9 nitrogen and oxygen atoms in total. The maximum atomic E-state index is 14.0. The monoisotopic (exact) mass is 573 g/mol. The molecule has 1 unspecified atom stereocenters. The van der Waals surface area contributed by atoms with Crippen molar-refractivity contribution in [2.24, 2.45) is 7.05 Å². The van der Waals surface area contributed by atoms with Crippen LogP contribution in [-0.2, 0) is 7.05 Å². The second-order valence-corrected chi connectivity index (χ2v) is 11.2. The van der Waals surface area contributed by atoms with Crippen LogP contribution in [0.5, 0.6) is 0 Å². The topological polar surface area (TPSA) is 107 Å². The number of nitrogens with zero attached hydrogens (tertiary/aromatic N) is 5. The van der Waals surface area contributed by atoms with E-state index in [2.05, 4.69) is 20.1 Å². The molecule has 1 aliphatic rings. The number of carbonyl (C=O) groups excluding carboxylic acids is 1. The van der Waals surface area contributed by atoms with E-state index in [9.17, 15) is 9.59 Å². The number of nitrogens with one attached hydrogen (secondary N) is 2. The highest BCUT2D eigenvalue weighted by atomic mass is 35.5. The van der Waals surface area contributed by atoms with Gasteiger partial charge in [0.05, 0.1) is 28.1 Å². The largest absolute Gasteiger partial charge is 0.377 e. The number of benzene rings is 2. The van der Waals surface area contributed by atoms with Gasteiger partial charge in [0.2, 0.25) is 0 Å². The molecule has 3 aromatic heterocycles. The van der Waals surface area contributed by atoms with E-state index in [1.165, 1.54) is 11.9 Å². The fraction of sp³-hybridized carbons (Fsp3) is 0.276. The van der Waals surface area contributed by atoms with Gasteiger partial charge in [0.1, 0.15) is 11.0 Å². The summed E-state index contributed by atoms with van der Waals surface area (Å²) in [6.45, 7) is 3.95. The van der Waals surface area contributed by atoms with E-state index >= 15 is 0 Å². The van der Waals surface area contributed by atoms with Gasteiger partial charge in [-0.3, -0.25) is 23.6 Å². The predicted octanol–water partition coefficient (Wildman–Crippen LogP) is 5.82. The summed E-state index contributed by atoms with van der Waals surface area (Å²) in [6.07, 6.45) is 5.64. The zero-order chi connectivity index (χ0) is 28.1. The summed E-state index contributed by atoms with van der Waals surface area (Å²) in [6, 6.07) is 13.1. The van der Waals surface area contributed by atoms with E-state index in [1.54, 1.807) is 23.1 Å². The van der Waals surface area contributed by atoms with Crippen molar-refractivity contribution in [2.75, 3.05) is 11.6 Å². The molecule has 204 valence electrons. The molecule has 2 N–H and O–H groups in total. The normalized spacial score (nSPS) is 14.0. The predicted molar refractivity (Wildman–Crippen MR) is 161 cm³/mol. The van der Waals surface area contributed by atoms with Gasteiger partial charge in [-0.15, -0.1) is 0 Å². The van der Waals surface area contributed by atoms with Crippen molar-refractivity contribution in [2.45, 2.75) is 38.8 Å². The van der Waals surface area contributed by atoms with Gasteiger partial charge in [-0.25, -0.2) is 9.97 Å². The van der Waals surface area contributed by atoms with Crippen molar-refractivity contribution in [3.05, 3.63) is 81.0 Å². The summed E-state index contributed by atoms with van der Waals surface area (Å²) in [4.78, 5) is 36.1. The molecule has 1 fully saturated rings. The lowest BCUT2D eigenvalue weighted by atomic mass is 10.0. The van der Waals surface area contributed by atoms with E-state index in [-0.39, 0.29) is 34.4 Å². The molecule has 1 atom stereocenters.